The maximum atomic E-state index is 5.31. The van der Waals surface area contributed by atoms with Gasteiger partial charge in [-0.1, -0.05) is 12.0 Å². The Kier molecular flexibility index (Phi) is 2.94. The largest absolute Gasteiger partial charge is 0.497 e. The summed E-state index contributed by atoms with van der Waals surface area (Å²) in [6.07, 6.45) is 6.38. The summed E-state index contributed by atoms with van der Waals surface area (Å²) in [6.45, 7) is 2.75. The molecule has 1 aliphatic heterocycles. The monoisotopic (exact) mass is 201 g/mol. The third-order valence-corrected chi connectivity index (χ3v) is 2.82. The van der Waals surface area contributed by atoms with Crippen molar-refractivity contribution in [2.75, 3.05) is 20.2 Å². The molecule has 0 radical (unpaired) electrons. The molecule has 0 spiro atoms. The number of benzene rings is 1. The maximum absolute atomic E-state index is 5.31. The predicted octanol–water partition coefficient (Wildman–Crippen LogP) is 1.69. The van der Waals surface area contributed by atoms with Gasteiger partial charge in [-0.2, -0.15) is 0 Å². The van der Waals surface area contributed by atoms with Crippen molar-refractivity contribution in [1.82, 2.24) is 4.90 Å². The number of ether oxygens (including phenoxy) is 1. The third kappa shape index (κ3) is 2.14. The molecule has 0 bridgehead atoms. The molecule has 0 aromatic heterocycles. The minimum absolute atomic E-state index is 0.742. The normalized spacial score (nSPS) is 15.5. The van der Waals surface area contributed by atoms with Crippen LogP contribution in [0, 0.1) is 12.3 Å². The van der Waals surface area contributed by atoms with E-state index in [-0.39, 0.29) is 0 Å². The number of fused-ring (bicyclic) bond motifs is 1. The van der Waals surface area contributed by atoms with E-state index in [2.05, 4.69) is 23.0 Å². The van der Waals surface area contributed by atoms with Crippen molar-refractivity contribution in [3.05, 3.63) is 29.3 Å². The summed E-state index contributed by atoms with van der Waals surface area (Å²) >= 11 is 0. The average Bonchev–Trinajstić information content (AvgIpc) is 2.29. The Hall–Kier alpha value is -1.46. The number of hydrogen-bond acceptors (Lipinski definition) is 2. The van der Waals surface area contributed by atoms with Gasteiger partial charge in [0.15, 0.2) is 0 Å². The van der Waals surface area contributed by atoms with E-state index in [1.54, 1.807) is 7.11 Å². The molecule has 1 aromatic rings. The summed E-state index contributed by atoms with van der Waals surface area (Å²) < 4.78 is 5.21. The predicted molar refractivity (Wildman–Crippen MR) is 60.8 cm³/mol. The number of hydrogen-bond donors (Lipinski definition) is 0. The third-order valence-electron chi connectivity index (χ3n) is 2.82. The van der Waals surface area contributed by atoms with Gasteiger partial charge in [-0.25, -0.2) is 0 Å². The zero-order chi connectivity index (χ0) is 10.7. The Morgan fingerprint density at radius 1 is 1.47 bits per heavy atom. The van der Waals surface area contributed by atoms with Crippen molar-refractivity contribution >= 4 is 0 Å². The summed E-state index contributed by atoms with van der Waals surface area (Å²) in [7, 11) is 1.70. The molecule has 1 aromatic carbocycles. The maximum Gasteiger partial charge on any atom is 0.119 e. The van der Waals surface area contributed by atoms with Gasteiger partial charge in [-0.05, 0) is 29.7 Å². The van der Waals surface area contributed by atoms with Gasteiger partial charge >= 0.3 is 0 Å². The Morgan fingerprint density at radius 2 is 2.33 bits per heavy atom. The molecule has 78 valence electrons. The van der Waals surface area contributed by atoms with Crippen LogP contribution in [0.1, 0.15) is 11.1 Å². The highest BCUT2D eigenvalue weighted by molar-refractivity contribution is 5.37. The number of nitrogens with zero attached hydrogens (tertiary/aromatic N) is 1. The Balaban J connectivity index is 2.18. The van der Waals surface area contributed by atoms with Crippen LogP contribution in [0.4, 0.5) is 0 Å². The van der Waals surface area contributed by atoms with Crippen LogP contribution in [-0.4, -0.2) is 25.1 Å². The van der Waals surface area contributed by atoms with Crippen molar-refractivity contribution in [3.63, 3.8) is 0 Å². The van der Waals surface area contributed by atoms with Gasteiger partial charge in [-0.15, -0.1) is 6.42 Å². The van der Waals surface area contributed by atoms with Crippen LogP contribution < -0.4 is 4.74 Å². The topological polar surface area (TPSA) is 12.5 Å². The molecule has 2 heteroatoms. The number of methoxy groups -OCH3 is 1. The lowest BCUT2D eigenvalue weighted by atomic mass is 9.99. The molecule has 0 unspecified atom stereocenters. The SMILES string of the molecule is C#CCN1CCc2cc(OC)ccc2C1. The fraction of sp³-hybridized carbons (Fsp3) is 0.385. The van der Waals surface area contributed by atoms with Gasteiger partial charge in [0, 0.05) is 13.1 Å². The van der Waals surface area contributed by atoms with Crippen molar-refractivity contribution < 1.29 is 4.74 Å². The zero-order valence-electron chi connectivity index (χ0n) is 8.99. The van der Waals surface area contributed by atoms with Crippen LogP contribution in [0.2, 0.25) is 0 Å². The first-order chi connectivity index (χ1) is 7.33. The van der Waals surface area contributed by atoms with Crippen LogP contribution in [-0.2, 0) is 13.0 Å². The van der Waals surface area contributed by atoms with Gasteiger partial charge in [0.05, 0.1) is 13.7 Å². The van der Waals surface area contributed by atoms with E-state index in [9.17, 15) is 0 Å². The quantitative estimate of drug-likeness (QED) is 0.675. The Bertz CT molecular complexity index is 392. The zero-order valence-corrected chi connectivity index (χ0v) is 8.99. The van der Waals surface area contributed by atoms with Gasteiger partial charge in [0.2, 0.25) is 0 Å². The Labute approximate surface area is 90.9 Å². The second-order valence-corrected chi connectivity index (χ2v) is 3.80. The Morgan fingerprint density at radius 3 is 3.07 bits per heavy atom. The fourth-order valence-corrected chi connectivity index (χ4v) is 1.98. The molecule has 1 aliphatic rings. The van der Waals surface area contributed by atoms with Crippen LogP contribution >= 0.6 is 0 Å². The highest BCUT2D eigenvalue weighted by Crippen LogP contribution is 2.23. The van der Waals surface area contributed by atoms with E-state index in [1.807, 2.05) is 6.07 Å². The smallest absolute Gasteiger partial charge is 0.119 e. The van der Waals surface area contributed by atoms with Crippen LogP contribution in [0.25, 0.3) is 0 Å². The first-order valence-electron chi connectivity index (χ1n) is 5.15. The molecule has 0 amide bonds. The van der Waals surface area contributed by atoms with Crippen LogP contribution in [0.5, 0.6) is 5.75 Å². The highest BCUT2D eigenvalue weighted by Gasteiger charge is 2.15. The molecule has 15 heavy (non-hydrogen) atoms. The molecule has 0 saturated heterocycles. The fourth-order valence-electron chi connectivity index (χ4n) is 1.98. The van der Waals surface area contributed by atoms with E-state index in [0.717, 1.165) is 31.8 Å². The van der Waals surface area contributed by atoms with E-state index in [4.69, 9.17) is 11.2 Å². The lowest BCUT2D eigenvalue weighted by Gasteiger charge is -2.27. The minimum atomic E-state index is 0.742. The molecule has 0 atom stereocenters. The van der Waals surface area contributed by atoms with E-state index >= 15 is 0 Å². The second kappa shape index (κ2) is 4.37. The van der Waals surface area contributed by atoms with Crippen molar-refractivity contribution in [3.8, 4) is 18.1 Å². The van der Waals surface area contributed by atoms with E-state index in [1.165, 1.54) is 11.1 Å². The van der Waals surface area contributed by atoms with Crippen LogP contribution in [0.3, 0.4) is 0 Å². The minimum Gasteiger partial charge on any atom is -0.497 e. The molecule has 2 nitrogen and oxygen atoms in total. The molecular weight excluding hydrogens is 186 g/mol. The lowest BCUT2D eigenvalue weighted by Crippen LogP contribution is -2.30. The van der Waals surface area contributed by atoms with E-state index < -0.39 is 0 Å². The van der Waals surface area contributed by atoms with Crippen LogP contribution in [0.15, 0.2) is 18.2 Å². The summed E-state index contributed by atoms with van der Waals surface area (Å²) in [5.74, 6) is 3.64. The second-order valence-electron chi connectivity index (χ2n) is 3.80. The summed E-state index contributed by atoms with van der Waals surface area (Å²) in [4.78, 5) is 2.29. The standard InChI is InChI=1S/C13H15NO/c1-3-7-14-8-6-11-9-13(15-2)5-4-12(11)10-14/h1,4-5,9H,6-8,10H2,2H3. The van der Waals surface area contributed by atoms with Gasteiger partial charge in [0.25, 0.3) is 0 Å². The summed E-state index contributed by atoms with van der Waals surface area (Å²) in [6, 6.07) is 6.28. The first kappa shape index (κ1) is 10.1. The highest BCUT2D eigenvalue weighted by atomic mass is 16.5. The molecular formula is C13H15NO. The average molecular weight is 201 g/mol. The summed E-state index contributed by atoms with van der Waals surface area (Å²) in [5, 5.41) is 0. The lowest BCUT2D eigenvalue weighted by molar-refractivity contribution is 0.285. The molecule has 1 heterocycles. The molecule has 0 aliphatic carbocycles. The van der Waals surface area contributed by atoms with E-state index in [0.29, 0.717) is 0 Å². The van der Waals surface area contributed by atoms with Crippen molar-refractivity contribution in [1.29, 1.82) is 0 Å². The molecule has 0 N–H and O–H groups in total. The van der Waals surface area contributed by atoms with Gasteiger partial charge in [-0.3, -0.25) is 4.90 Å². The van der Waals surface area contributed by atoms with Gasteiger partial charge in [0.1, 0.15) is 5.75 Å². The van der Waals surface area contributed by atoms with Gasteiger partial charge < -0.3 is 4.74 Å². The first-order valence-corrected chi connectivity index (χ1v) is 5.15. The summed E-state index contributed by atoms with van der Waals surface area (Å²) in [5.41, 5.74) is 2.76. The molecule has 0 fully saturated rings. The van der Waals surface area contributed by atoms with Crippen molar-refractivity contribution in [2.45, 2.75) is 13.0 Å². The van der Waals surface area contributed by atoms with Crippen molar-refractivity contribution in [2.24, 2.45) is 0 Å². The number of rotatable bonds is 2. The molecule has 0 saturated carbocycles. The molecule has 2 rings (SSSR count). The number of terminal acetylenes is 1.